The summed E-state index contributed by atoms with van der Waals surface area (Å²) in [7, 11) is 0. The first kappa shape index (κ1) is 21.9. The maximum Gasteiger partial charge on any atom is 0.255 e. The Morgan fingerprint density at radius 3 is 2.62 bits per heavy atom. The van der Waals surface area contributed by atoms with Crippen LogP contribution in [0.1, 0.15) is 20.3 Å². The largest absolute Gasteiger partial charge is 0.490 e. The number of hydrogen-bond acceptors (Lipinski definition) is 5. The molecule has 1 amide bonds. The molecule has 32 heavy (non-hydrogen) atoms. The Kier molecular flexibility index (Phi) is 5.70. The fourth-order valence-electron chi connectivity index (χ4n) is 3.17. The maximum atomic E-state index is 14.8. The van der Waals surface area contributed by atoms with Gasteiger partial charge in [-0.1, -0.05) is 0 Å². The molecule has 0 saturated heterocycles. The molecule has 1 N–H and O–H groups in total. The van der Waals surface area contributed by atoms with Gasteiger partial charge < -0.3 is 19.2 Å². The minimum atomic E-state index is -2.75. The second kappa shape index (κ2) is 8.33. The van der Waals surface area contributed by atoms with Gasteiger partial charge in [0.05, 0.1) is 18.6 Å². The van der Waals surface area contributed by atoms with E-state index in [4.69, 9.17) is 13.9 Å². The lowest BCUT2D eigenvalue weighted by Gasteiger charge is -2.14. The smallest absolute Gasteiger partial charge is 0.255 e. The second-order valence-corrected chi connectivity index (χ2v) is 7.78. The van der Waals surface area contributed by atoms with Gasteiger partial charge in [-0.25, -0.2) is 18.2 Å². The van der Waals surface area contributed by atoms with Crippen molar-refractivity contribution in [3.63, 3.8) is 0 Å². The third-order valence-electron chi connectivity index (χ3n) is 4.97. The topological polar surface area (TPSA) is 73.6 Å². The number of amides is 1. The van der Waals surface area contributed by atoms with Crippen molar-refractivity contribution in [1.29, 1.82) is 0 Å². The molecule has 1 fully saturated rings. The number of aromatic nitrogens is 1. The summed E-state index contributed by atoms with van der Waals surface area (Å²) in [4.78, 5) is 15.2. The van der Waals surface area contributed by atoms with E-state index in [1.807, 2.05) is 0 Å². The summed E-state index contributed by atoms with van der Waals surface area (Å²) in [5.41, 5.74) is 0.266. The maximum absolute atomic E-state index is 14.8. The van der Waals surface area contributed by atoms with Crippen molar-refractivity contribution in [2.75, 3.05) is 13.2 Å². The van der Waals surface area contributed by atoms with Gasteiger partial charge in [0.1, 0.15) is 12.1 Å². The number of nitrogens with one attached hydrogen (secondary N) is 1. The molecule has 1 heterocycles. The van der Waals surface area contributed by atoms with Crippen molar-refractivity contribution in [1.82, 2.24) is 10.3 Å². The molecule has 1 unspecified atom stereocenters. The summed E-state index contributed by atoms with van der Waals surface area (Å²) >= 11 is 0. The zero-order valence-electron chi connectivity index (χ0n) is 17.3. The van der Waals surface area contributed by atoms with Crippen molar-refractivity contribution in [2.24, 2.45) is 5.92 Å². The molecule has 1 saturated carbocycles. The van der Waals surface area contributed by atoms with Gasteiger partial charge in [-0.15, -0.1) is 0 Å². The Balaban J connectivity index is 1.49. The van der Waals surface area contributed by atoms with E-state index in [0.717, 1.165) is 6.07 Å². The number of oxazole rings is 1. The number of benzene rings is 2. The molecule has 2 atom stereocenters. The molecule has 3 aromatic rings. The van der Waals surface area contributed by atoms with Gasteiger partial charge in [-0.3, -0.25) is 4.79 Å². The third-order valence-corrected chi connectivity index (χ3v) is 4.97. The molecule has 0 spiro atoms. The van der Waals surface area contributed by atoms with Gasteiger partial charge in [0, 0.05) is 18.9 Å². The summed E-state index contributed by atoms with van der Waals surface area (Å²) in [6, 6.07) is 6.36. The lowest BCUT2D eigenvalue weighted by atomic mass is 10.2. The van der Waals surface area contributed by atoms with Crippen LogP contribution < -0.4 is 14.8 Å². The predicted molar refractivity (Wildman–Crippen MR) is 107 cm³/mol. The average molecular weight is 452 g/mol. The van der Waals surface area contributed by atoms with E-state index in [1.165, 1.54) is 31.2 Å². The number of ether oxygens (including phenoxy) is 2. The summed E-state index contributed by atoms with van der Waals surface area (Å²) in [6.07, 6.45) is -0.265. The molecule has 0 aliphatic heterocycles. The van der Waals surface area contributed by atoms with Crippen LogP contribution >= 0.6 is 0 Å². The summed E-state index contributed by atoms with van der Waals surface area (Å²) < 4.78 is 71.1. The number of hydrogen-bond donors (Lipinski definition) is 1. The third kappa shape index (κ3) is 4.63. The number of halogens is 4. The van der Waals surface area contributed by atoms with Crippen molar-refractivity contribution >= 4 is 17.0 Å². The lowest BCUT2D eigenvalue weighted by molar-refractivity contribution is -0.119. The first-order valence-corrected chi connectivity index (χ1v) is 9.93. The molecule has 0 radical (unpaired) electrons. The molecule has 1 aliphatic carbocycles. The van der Waals surface area contributed by atoms with Crippen molar-refractivity contribution in [2.45, 2.75) is 32.2 Å². The fraction of sp³-hybridized carbons (Fsp3) is 0.364. The first-order valence-electron chi connectivity index (χ1n) is 9.93. The number of fused-ring (bicyclic) bond motifs is 1. The molecule has 4 rings (SSSR count). The summed E-state index contributed by atoms with van der Waals surface area (Å²) in [6.45, 7) is 2.85. The summed E-state index contributed by atoms with van der Waals surface area (Å²) in [5.74, 6) is -5.70. The van der Waals surface area contributed by atoms with Crippen LogP contribution in [-0.4, -0.2) is 36.1 Å². The molecule has 1 aromatic heterocycles. The van der Waals surface area contributed by atoms with Gasteiger partial charge in [-0.2, -0.15) is 4.39 Å². The van der Waals surface area contributed by atoms with Crippen LogP contribution in [0.3, 0.4) is 0 Å². The fourth-order valence-corrected chi connectivity index (χ4v) is 3.17. The molecule has 2 aromatic carbocycles. The van der Waals surface area contributed by atoms with Crippen LogP contribution in [0.2, 0.25) is 0 Å². The van der Waals surface area contributed by atoms with E-state index in [9.17, 15) is 22.4 Å². The van der Waals surface area contributed by atoms with Gasteiger partial charge in [-0.05, 0) is 37.3 Å². The van der Waals surface area contributed by atoms with Gasteiger partial charge >= 0.3 is 0 Å². The molecular formula is C22H20F4N2O4. The van der Waals surface area contributed by atoms with Crippen molar-refractivity contribution < 1.29 is 36.2 Å². The second-order valence-electron chi connectivity index (χ2n) is 7.78. The highest BCUT2D eigenvalue weighted by atomic mass is 19.3. The molecule has 6 nitrogen and oxygen atoms in total. The predicted octanol–water partition coefficient (Wildman–Crippen LogP) is 4.71. The van der Waals surface area contributed by atoms with E-state index in [-0.39, 0.29) is 65.6 Å². The number of carbonyl (C=O) groups is 1. The van der Waals surface area contributed by atoms with Crippen LogP contribution in [-0.2, 0) is 4.79 Å². The minimum Gasteiger partial charge on any atom is -0.490 e. The van der Waals surface area contributed by atoms with Crippen LogP contribution in [0.5, 0.6) is 11.5 Å². The van der Waals surface area contributed by atoms with E-state index in [0.29, 0.717) is 0 Å². The highest BCUT2D eigenvalue weighted by Crippen LogP contribution is 2.48. The Hall–Kier alpha value is -3.30. The van der Waals surface area contributed by atoms with Gasteiger partial charge in [0.2, 0.25) is 17.6 Å². The Labute approximate surface area is 180 Å². The van der Waals surface area contributed by atoms with Gasteiger partial charge in [0.25, 0.3) is 5.92 Å². The average Bonchev–Trinajstić information content (AvgIpc) is 3.12. The Morgan fingerprint density at radius 2 is 1.97 bits per heavy atom. The standard InChI is InChI=1S/C22H20F4N2O4/c1-11(27-12(2)29)9-30-18-6-4-16-20(19(18)24)32-21(28-16)13-3-5-17(15(23)7-13)31-10-14-8-22(14,25)26/h3-7,11,14H,8-10H2,1-2H3,(H,27,29)/t11-,14?/m0/s1. The molecular weight excluding hydrogens is 432 g/mol. The number of nitrogens with zero attached hydrogens (tertiary/aromatic N) is 1. The summed E-state index contributed by atoms with van der Waals surface area (Å²) in [5, 5.41) is 2.62. The van der Waals surface area contributed by atoms with E-state index in [1.54, 1.807) is 6.92 Å². The SMILES string of the molecule is CC(=O)N[C@@H](C)COc1ccc2nc(-c3ccc(OCC4CC4(F)F)c(F)c3)oc2c1F. The normalized spacial score (nSPS) is 17.8. The highest BCUT2D eigenvalue weighted by Gasteiger charge is 2.57. The number of rotatable bonds is 8. The van der Waals surface area contributed by atoms with Crippen LogP contribution in [0, 0.1) is 17.6 Å². The van der Waals surface area contributed by atoms with Crippen molar-refractivity contribution in [3.05, 3.63) is 42.0 Å². The molecule has 0 bridgehead atoms. The zero-order chi connectivity index (χ0) is 23.0. The molecule has 10 heteroatoms. The van der Waals surface area contributed by atoms with Crippen LogP contribution in [0.15, 0.2) is 34.7 Å². The number of alkyl halides is 2. The Morgan fingerprint density at radius 1 is 1.25 bits per heavy atom. The quantitative estimate of drug-likeness (QED) is 0.501. The van der Waals surface area contributed by atoms with E-state index < -0.39 is 23.5 Å². The lowest BCUT2D eigenvalue weighted by Crippen LogP contribution is -2.35. The number of carbonyl (C=O) groups excluding carboxylic acids is 1. The Bertz CT molecular complexity index is 1160. The first-order chi connectivity index (χ1) is 15.1. The van der Waals surface area contributed by atoms with Crippen molar-refractivity contribution in [3.8, 4) is 23.0 Å². The van der Waals surface area contributed by atoms with Crippen LogP contribution in [0.4, 0.5) is 17.6 Å². The minimum absolute atomic E-state index is 0.0261. The van der Waals surface area contributed by atoms with Gasteiger partial charge in [0.15, 0.2) is 22.9 Å². The van der Waals surface area contributed by atoms with Crippen LogP contribution in [0.25, 0.3) is 22.6 Å². The highest BCUT2D eigenvalue weighted by molar-refractivity contribution is 5.78. The monoisotopic (exact) mass is 452 g/mol. The van der Waals surface area contributed by atoms with E-state index in [2.05, 4.69) is 10.3 Å². The molecule has 1 aliphatic rings. The zero-order valence-corrected chi connectivity index (χ0v) is 17.3. The van der Waals surface area contributed by atoms with E-state index >= 15 is 0 Å². The molecule has 170 valence electrons.